The highest BCUT2D eigenvalue weighted by Gasteiger charge is 2.13. The van der Waals surface area contributed by atoms with Crippen LogP contribution in [0.1, 0.15) is 10.4 Å². The minimum absolute atomic E-state index is 0.0189. The molecule has 1 N–H and O–H groups in total. The van der Waals surface area contributed by atoms with Crippen molar-refractivity contribution in [1.29, 1.82) is 0 Å². The van der Waals surface area contributed by atoms with Gasteiger partial charge in [0.1, 0.15) is 17.1 Å². The zero-order chi connectivity index (χ0) is 15.6. The largest absolute Gasteiger partial charge is 0.478 e. The number of rotatable bonds is 4. The second-order valence-corrected chi connectivity index (χ2v) is 7.22. The Balaban J connectivity index is 2.34. The summed E-state index contributed by atoms with van der Waals surface area (Å²) in [5.41, 5.74) is 0.0189. The Hall–Kier alpha value is -1.86. The van der Waals surface area contributed by atoms with Gasteiger partial charge in [0, 0.05) is 10.7 Å². The molecule has 0 bridgehead atoms. The molecule has 21 heavy (non-hydrogen) atoms. The van der Waals surface area contributed by atoms with Crippen molar-refractivity contribution in [2.75, 3.05) is 6.26 Å². The fraction of sp³-hybridized carbons (Fsp3) is 0.0714. The first kappa shape index (κ1) is 15.5. The smallest absolute Gasteiger partial charge is 0.339 e. The molecular formula is C14H11BrO5S. The van der Waals surface area contributed by atoms with E-state index in [-0.39, 0.29) is 16.2 Å². The molecule has 0 radical (unpaired) electrons. The predicted molar refractivity (Wildman–Crippen MR) is 80.7 cm³/mol. The van der Waals surface area contributed by atoms with Gasteiger partial charge in [-0.25, -0.2) is 13.2 Å². The lowest BCUT2D eigenvalue weighted by atomic mass is 10.2. The SMILES string of the molecule is CS(=O)(=O)c1ccc(Oc2cc(Br)ccc2C(=O)O)cc1. The normalized spacial score (nSPS) is 11.1. The number of benzene rings is 2. The van der Waals surface area contributed by atoms with E-state index in [0.29, 0.717) is 10.2 Å². The van der Waals surface area contributed by atoms with Gasteiger partial charge in [-0.15, -0.1) is 0 Å². The maximum absolute atomic E-state index is 11.4. The van der Waals surface area contributed by atoms with E-state index in [2.05, 4.69) is 15.9 Å². The third-order valence-electron chi connectivity index (χ3n) is 2.65. The summed E-state index contributed by atoms with van der Waals surface area (Å²) in [6.45, 7) is 0. The molecule has 2 rings (SSSR count). The Labute approximate surface area is 130 Å². The van der Waals surface area contributed by atoms with Gasteiger partial charge in [-0.05, 0) is 42.5 Å². The van der Waals surface area contributed by atoms with Crippen molar-refractivity contribution in [1.82, 2.24) is 0 Å². The number of hydrogen-bond donors (Lipinski definition) is 1. The molecule has 0 aliphatic rings. The molecule has 0 unspecified atom stereocenters. The Morgan fingerprint density at radius 2 is 1.76 bits per heavy atom. The van der Waals surface area contributed by atoms with Crippen LogP contribution >= 0.6 is 15.9 Å². The van der Waals surface area contributed by atoms with Gasteiger partial charge in [-0.2, -0.15) is 0 Å². The van der Waals surface area contributed by atoms with Crippen LogP contribution in [0.2, 0.25) is 0 Å². The highest BCUT2D eigenvalue weighted by Crippen LogP contribution is 2.29. The summed E-state index contributed by atoms with van der Waals surface area (Å²) < 4.78 is 28.9. The van der Waals surface area contributed by atoms with Crippen LogP contribution in [-0.4, -0.2) is 25.7 Å². The van der Waals surface area contributed by atoms with Crippen LogP contribution in [0.4, 0.5) is 0 Å². The molecule has 0 aliphatic heterocycles. The van der Waals surface area contributed by atoms with E-state index in [1.165, 1.54) is 36.4 Å². The number of halogens is 1. The topological polar surface area (TPSA) is 80.7 Å². The number of carbonyl (C=O) groups is 1. The van der Waals surface area contributed by atoms with Crippen LogP contribution in [0, 0.1) is 0 Å². The van der Waals surface area contributed by atoms with Gasteiger partial charge >= 0.3 is 5.97 Å². The Morgan fingerprint density at radius 1 is 1.14 bits per heavy atom. The highest BCUT2D eigenvalue weighted by atomic mass is 79.9. The van der Waals surface area contributed by atoms with Gasteiger partial charge < -0.3 is 9.84 Å². The van der Waals surface area contributed by atoms with Gasteiger partial charge in [-0.1, -0.05) is 15.9 Å². The second-order valence-electron chi connectivity index (χ2n) is 4.29. The number of sulfone groups is 1. The minimum atomic E-state index is -3.28. The Morgan fingerprint density at radius 3 is 2.29 bits per heavy atom. The number of hydrogen-bond acceptors (Lipinski definition) is 4. The molecule has 0 fully saturated rings. The summed E-state index contributed by atoms with van der Waals surface area (Å²) in [5, 5.41) is 9.11. The van der Waals surface area contributed by atoms with Gasteiger partial charge in [0.2, 0.25) is 0 Å². The molecule has 0 atom stereocenters. The quantitative estimate of drug-likeness (QED) is 0.892. The standard InChI is InChI=1S/C14H11BrO5S/c1-21(18,19)11-5-3-10(4-6-11)20-13-8-9(15)2-7-12(13)14(16)17/h2-8H,1H3,(H,16,17). The van der Waals surface area contributed by atoms with Crippen molar-refractivity contribution in [2.45, 2.75) is 4.90 Å². The van der Waals surface area contributed by atoms with Crippen molar-refractivity contribution in [3.63, 3.8) is 0 Å². The number of aromatic carboxylic acids is 1. The third kappa shape index (κ3) is 3.83. The lowest BCUT2D eigenvalue weighted by Gasteiger charge is -2.09. The maximum atomic E-state index is 11.4. The first-order valence-corrected chi connectivity index (χ1v) is 8.46. The first-order chi connectivity index (χ1) is 9.77. The lowest BCUT2D eigenvalue weighted by Crippen LogP contribution is -2.00. The van der Waals surface area contributed by atoms with E-state index in [4.69, 9.17) is 9.84 Å². The molecule has 0 aliphatic carbocycles. The Bertz CT molecular complexity index is 782. The maximum Gasteiger partial charge on any atom is 0.339 e. The molecule has 0 saturated heterocycles. The van der Waals surface area contributed by atoms with Crippen molar-refractivity contribution < 1.29 is 23.1 Å². The van der Waals surface area contributed by atoms with Crippen molar-refractivity contribution in [3.05, 3.63) is 52.5 Å². The van der Waals surface area contributed by atoms with Gasteiger partial charge in [0.15, 0.2) is 9.84 Å². The van der Waals surface area contributed by atoms with Crippen LogP contribution in [0.3, 0.4) is 0 Å². The fourth-order valence-corrected chi connectivity index (χ4v) is 2.61. The zero-order valence-corrected chi connectivity index (χ0v) is 13.3. The molecule has 0 saturated carbocycles. The number of ether oxygens (including phenoxy) is 1. The predicted octanol–water partition coefficient (Wildman–Crippen LogP) is 3.34. The molecule has 110 valence electrons. The highest BCUT2D eigenvalue weighted by molar-refractivity contribution is 9.10. The molecule has 0 aromatic heterocycles. The summed E-state index contributed by atoms with van der Waals surface area (Å²) in [7, 11) is -3.28. The lowest BCUT2D eigenvalue weighted by molar-refractivity contribution is 0.0694. The monoisotopic (exact) mass is 370 g/mol. The number of carboxylic acids is 1. The van der Waals surface area contributed by atoms with Gasteiger partial charge in [0.25, 0.3) is 0 Å². The summed E-state index contributed by atoms with van der Waals surface area (Å²) in [6.07, 6.45) is 1.11. The van der Waals surface area contributed by atoms with E-state index in [0.717, 1.165) is 6.26 Å². The van der Waals surface area contributed by atoms with Crippen LogP contribution in [0.5, 0.6) is 11.5 Å². The van der Waals surface area contributed by atoms with Crippen molar-refractivity contribution in [2.24, 2.45) is 0 Å². The molecule has 0 spiro atoms. The van der Waals surface area contributed by atoms with Gasteiger partial charge in [-0.3, -0.25) is 0 Å². The molecule has 5 nitrogen and oxygen atoms in total. The average Bonchev–Trinajstić information content (AvgIpc) is 2.38. The van der Waals surface area contributed by atoms with Crippen molar-refractivity contribution in [3.8, 4) is 11.5 Å². The van der Waals surface area contributed by atoms with Crippen LogP contribution in [0.15, 0.2) is 51.8 Å². The minimum Gasteiger partial charge on any atom is -0.478 e. The van der Waals surface area contributed by atoms with Crippen LogP contribution in [-0.2, 0) is 9.84 Å². The van der Waals surface area contributed by atoms with E-state index in [1.807, 2.05) is 0 Å². The van der Waals surface area contributed by atoms with E-state index < -0.39 is 15.8 Å². The molecule has 0 heterocycles. The van der Waals surface area contributed by atoms with E-state index in [1.54, 1.807) is 6.07 Å². The molecule has 2 aromatic carbocycles. The molecule has 7 heteroatoms. The third-order valence-corrected chi connectivity index (χ3v) is 4.28. The molecule has 0 amide bonds. The zero-order valence-electron chi connectivity index (χ0n) is 10.9. The van der Waals surface area contributed by atoms with Gasteiger partial charge in [0.05, 0.1) is 4.90 Å². The fourth-order valence-electron chi connectivity index (χ4n) is 1.64. The molecule has 2 aromatic rings. The number of carboxylic acid groups (broad SMARTS) is 1. The summed E-state index contributed by atoms with van der Waals surface area (Å²) in [6, 6.07) is 10.3. The van der Waals surface area contributed by atoms with E-state index >= 15 is 0 Å². The van der Waals surface area contributed by atoms with Crippen molar-refractivity contribution >= 4 is 31.7 Å². The summed E-state index contributed by atoms with van der Waals surface area (Å²) in [4.78, 5) is 11.3. The second kappa shape index (κ2) is 5.87. The van der Waals surface area contributed by atoms with Crippen LogP contribution < -0.4 is 4.74 Å². The molecular weight excluding hydrogens is 360 g/mol. The average molecular weight is 371 g/mol. The first-order valence-electron chi connectivity index (χ1n) is 5.78. The van der Waals surface area contributed by atoms with Crippen LogP contribution in [0.25, 0.3) is 0 Å². The summed E-state index contributed by atoms with van der Waals surface area (Å²) in [5.74, 6) is -0.586. The Kier molecular flexibility index (Phi) is 4.34. The van der Waals surface area contributed by atoms with E-state index in [9.17, 15) is 13.2 Å². The summed E-state index contributed by atoms with van der Waals surface area (Å²) >= 11 is 3.24.